The predicted molar refractivity (Wildman–Crippen MR) is 99.4 cm³/mol. The van der Waals surface area contributed by atoms with Crippen LogP contribution in [0.2, 0.25) is 0 Å². The number of rotatable bonds is 2. The molecule has 124 valence electrons. The molecule has 0 N–H and O–H groups in total. The molecule has 0 amide bonds. The minimum atomic E-state index is 0. The van der Waals surface area contributed by atoms with Crippen LogP contribution >= 0.6 is 0 Å². The van der Waals surface area contributed by atoms with Crippen LogP contribution < -0.4 is 0 Å². The fourth-order valence-electron chi connectivity index (χ4n) is 2.88. The maximum Gasteiger partial charge on any atom is 0.139 e. The summed E-state index contributed by atoms with van der Waals surface area (Å²) in [6.45, 7) is 12.3. The molecule has 0 saturated heterocycles. The van der Waals surface area contributed by atoms with Crippen LogP contribution in [0.3, 0.4) is 0 Å². The Bertz CT molecular complexity index is 554. The van der Waals surface area contributed by atoms with E-state index in [2.05, 4.69) is 31.5 Å². The monoisotopic (exact) mass is 302 g/mol. The fraction of sp³-hybridized carbons (Fsp3) is 0.550. The number of pyridine rings is 1. The van der Waals surface area contributed by atoms with E-state index in [0.29, 0.717) is 0 Å². The zero-order chi connectivity index (χ0) is 16.4. The zero-order valence-corrected chi connectivity index (χ0v) is 14.8. The average Bonchev–Trinajstić information content (AvgIpc) is 3.06. The van der Waals surface area contributed by atoms with E-state index >= 15 is 0 Å². The summed E-state index contributed by atoms with van der Waals surface area (Å²) in [5.41, 5.74) is 3.78. The quantitative estimate of drug-likeness (QED) is 0.594. The maximum atomic E-state index is 4.25. The van der Waals surface area contributed by atoms with Gasteiger partial charge in [0, 0.05) is 20.0 Å². The highest BCUT2D eigenvalue weighted by Crippen LogP contribution is 2.28. The van der Waals surface area contributed by atoms with Gasteiger partial charge in [0.1, 0.15) is 5.65 Å². The lowest BCUT2D eigenvalue weighted by atomic mass is 9.85. The van der Waals surface area contributed by atoms with Gasteiger partial charge in [-0.3, -0.25) is 0 Å². The molecule has 0 bridgehead atoms. The van der Waals surface area contributed by atoms with Crippen LogP contribution in [-0.4, -0.2) is 9.38 Å². The largest absolute Gasteiger partial charge is 0.307 e. The van der Waals surface area contributed by atoms with Gasteiger partial charge in [0.2, 0.25) is 0 Å². The molecule has 0 aliphatic heterocycles. The lowest BCUT2D eigenvalue weighted by molar-refractivity contribution is 0.404. The molecule has 2 nitrogen and oxygen atoms in total. The second-order valence-corrected chi connectivity index (χ2v) is 5.73. The van der Waals surface area contributed by atoms with E-state index < -0.39 is 0 Å². The van der Waals surface area contributed by atoms with Gasteiger partial charge in [-0.05, 0) is 43.7 Å². The van der Waals surface area contributed by atoms with Gasteiger partial charge < -0.3 is 4.40 Å². The van der Waals surface area contributed by atoms with Gasteiger partial charge >= 0.3 is 0 Å². The van der Waals surface area contributed by atoms with Crippen LogP contribution in [-0.2, 0) is 6.42 Å². The Labute approximate surface area is 137 Å². The second kappa shape index (κ2) is 10.2. The molecule has 2 aromatic rings. The highest BCUT2D eigenvalue weighted by atomic mass is 15.0. The van der Waals surface area contributed by atoms with Gasteiger partial charge in [-0.15, -0.1) is 0 Å². The number of imidazole rings is 1. The summed E-state index contributed by atoms with van der Waals surface area (Å²) in [5, 5.41) is 0. The molecule has 0 radical (unpaired) electrons. The van der Waals surface area contributed by atoms with E-state index in [-0.39, 0.29) is 1.43 Å². The summed E-state index contributed by atoms with van der Waals surface area (Å²) in [6, 6.07) is 4.16. The Kier molecular flexibility index (Phi) is 8.57. The first-order chi connectivity index (χ1) is 10.7. The molecule has 22 heavy (non-hydrogen) atoms. The van der Waals surface area contributed by atoms with Crippen molar-refractivity contribution in [2.45, 2.75) is 66.2 Å². The molecule has 2 heterocycles. The molecule has 2 aromatic heterocycles. The first-order valence-corrected chi connectivity index (χ1v) is 8.78. The number of aromatic nitrogens is 2. The third-order valence-corrected chi connectivity index (χ3v) is 4.18. The summed E-state index contributed by atoms with van der Waals surface area (Å²) in [5.74, 6) is 0.860. The summed E-state index contributed by atoms with van der Waals surface area (Å²) in [6.07, 6.45) is 14.0. The third kappa shape index (κ3) is 5.32. The molecule has 1 aliphatic rings. The smallest absolute Gasteiger partial charge is 0.139 e. The molecule has 0 unspecified atom stereocenters. The van der Waals surface area contributed by atoms with Crippen LogP contribution in [0.25, 0.3) is 5.65 Å². The van der Waals surface area contributed by atoms with Crippen LogP contribution in [0.4, 0.5) is 0 Å². The van der Waals surface area contributed by atoms with Crippen molar-refractivity contribution < 1.29 is 1.43 Å². The molecule has 1 aliphatic carbocycles. The van der Waals surface area contributed by atoms with Crippen molar-refractivity contribution in [2.24, 2.45) is 5.92 Å². The van der Waals surface area contributed by atoms with Crippen molar-refractivity contribution in [3.05, 3.63) is 48.4 Å². The molecule has 0 aromatic carbocycles. The fourth-order valence-corrected chi connectivity index (χ4v) is 2.88. The minimum Gasteiger partial charge on any atom is -0.307 e. The van der Waals surface area contributed by atoms with Crippen LogP contribution in [0.1, 0.15) is 66.8 Å². The standard InChI is InChI=1S/C9H10N2.C9H16.C2H6.H2/c1-2-8-4-3-6-11-7-5-10-9(8)11;1-8(2)9-6-4-3-5-7-9;1-2;/h3-7H,2H2,1H3;9H,1,3-7H2,2H3;1-2H3;1H. The van der Waals surface area contributed by atoms with E-state index in [1.807, 2.05) is 42.9 Å². The van der Waals surface area contributed by atoms with Gasteiger partial charge in [-0.2, -0.15) is 0 Å². The molecule has 1 saturated carbocycles. The topological polar surface area (TPSA) is 17.3 Å². The van der Waals surface area contributed by atoms with Gasteiger partial charge in [0.15, 0.2) is 0 Å². The SMILES string of the molecule is C=C(C)C1CCCCC1.CC.CCc1cccn2ccnc12.[HH]. The van der Waals surface area contributed by atoms with E-state index in [1.54, 1.807) is 0 Å². The van der Waals surface area contributed by atoms with Crippen LogP contribution in [0.5, 0.6) is 0 Å². The van der Waals surface area contributed by atoms with Crippen molar-refractivity contribution in [2.75, 3.05) is 0 Å². The summed E-state index contributed by atoms with van der Waals surface area (Å²) < 4.78 is 2.04. The summed E-state index contributed by atoms with van der Waals surface area (Å²) in [4.78, 5) is 4.25. The Morgan fingerprint density at radius 3 is 2.50 bits per heavy atom. The van der Waals surface area contributed by atoms with Gasteiger partial charge in [-0.25, -0.2) is 4.98 Å². The van der Waals surface area contributed by atoms with Crippen molar-refractivity contribution in [3.8, 4) is 0 Å². The minimum absolute atomic E-state index is 0. The van der Waals surface area contributed by atoms with E-state index in [4.69, 9.17) is 0 Å². The lowest BCUT2D eigenvalue weighted by Crippen LogP contribution is -2.05. The normalized spacial score (nSPS) is 14.5. The second-order valence-electron chi connectivity index (χ2n) is 5.73. The molecule has 1 fully saturated rings. The Balaban J connectivity index is 0.000000372. The van der Waals surface area contributed by atoms with Crippen molar-refractivity contribution in [1.82, 2.24) is 9.38 Å². The summed E-state index contributed by atoms with van der Waals surface area (Å²) >= 11 is 0. The number of hydrogen-bond donors (Lipinski definition) is 0. The maximum absolute atomic E-state index is 4.25. The Morgan fingerprint density at radius 2 is 1.95 bits per heavy atom. The Morgan fingerprint density at radius 1 is 1.27 bits per heavy atom. The molecular weight excluding hydrogens is 268 g/mol. The van der Waals surface area contributed by atoms with Crippen molar-refractivity contribution in [1.29, 1.82) is 0 Å². The number of aryl methyl sites for hydroxylation is 1. The molecule has 0 spiro atoms. The lowest BCUT2D eigenvalue weighted by Gasteiger charge is -2.21. The number of nitrogens with zero attached hydrogens (tertiary/aromatic N) is 2. The van der Waals surface area contributed by atoms with Crippen LogP contribution in [0.15, 0.2) is 42.9 Å². The van der Waals surface area contributed by atoms with Gasteiger partial charge in [0.25, 0.3) is 0 Å². The van der Waals surface area contributed by atoms with Crippen LogP contribution in [0, 0.1) is 5.92 Å². The Hall–Kier alpha value is -1.57. The number of hydrogen-bond acceptors (Lipinski definition) is 1. The zero-order valence-electron chi connectivity index (χ0n) is 14.8. The first kappa shape index (κ1) is 18.5. The van der Waals surface area contributed by atoms with Gasteiger partial charge in [-0.1, -0.05) is 58.3 Å². The highest BCUT2D eigenvalue weighted by Gasteiger charge is 2.12. The van der Waals surface area contributed by atoms with E-state index in [9.17, 15) is 0 Å². The van der Waals surface area contributed by atoms with E-state index in [1.165, 1.54) is 43.2 Å². The average molecular weight is 303 g/mol. The molecule has 0 atom stereocenters. The molecule has 2 heteroatoms. The third-order valence-electron chi connectivity index (χ3n) is 4.18. The van der Waals surface area contributed by atoms with Crippen molar-refractivity contribution >= 4 is 5.65 Å². The number of fused-ring (bicyclic) bond motifs is 1. The van der Waals surface area contributed by atoms with Crippen molar-refractivity contribution in [3.63, 3.8) is 0 Å². The molecular formula is C20H34N2. The summed E-state index contributed by atoms with van der Waals surface area (Å²) in [7, 11) is 0. The van der Waals surface area contributed by atoms with Gasteiger partial charge in [0.05, 0.1) is 0 Å². The first-order valence-electron chi connectivity index (χ1n) is 8.78. The van der Waals surface area contributed by atoms with E-state index in [0.717, 1.165) is 18.0 Å². The highest BCUT2D eigenvalue weighted by molar-refractivity contribution is 5.47. The predicted octanol–water partition coefficient (Wildman–Crippen LogP) is 6.31. The molecule has 3 rings (SSSR count). The number of allylic oxidation sites excluding steroid dienone is 1.